The SMILES string of the molecule is N#CC[C@@H]1C[C@H]1C(=O)NN. The molecule has 0 unspecified atom stereocenters. The van der Waals surface area contributed by atoms with Crippen molar-refractivity contribution in [1.82, 2.24) is 5.43 Å². The van der Waals surface area contributed by atoms with Crippen LogP contribution in [0, 0.1) is 23.2 Å². The van der Waals surface area contributed by atoms with E-state index in [2.05, 4.69) is 5.43 Å². The highest BCUT2D eigenvalue weighted by Crippen LogP contribution is 2.40. The molecule has 1 aliphatic carbocycles. The number of nitrogens with zero attached hydrogens (tertiary/aromatic N) is 1. The Balaban J connectivity index is 2.26. The smallest absolute Gasteiger partial charge is 0.237 e. The lowest BCUT2D eigenvalue weighted by molar-refractivity contribution is -0.122. The average molecular weight is 139 g/mol. The molecule has 0 aliphatic heterocycles. The average Bonchev–Trinajstić information content (AvgIpc) is 2.67. The van der Waals surface area contributed by atoms with Crippen molar-refractivity contribution < 1.29 is 4.79 Å². The minimum Gasteiger partial charge on any atom is -0.294 e. The second-order valence-corrected chi connectivity index (χ2v) is 2.47. The summed E-state index contributed by atoms with van der Waals surface area (Å²) in [6.07, 6.45) is 1.29. The Kier molecular flexibility index (Phi) is 1.88. The molecular weight excluding hydrogens is 130 g/mol. The number of hydrogen-bond donors (Lipinski definition) is 2. The maximum Gasteiger partial charge on any atom is 0.237 e. The number of rotatable bonds is 2. The molecule has 0 spiro atoms. The molecule has 1 amide bonds. The van der Waals surface area contributed by atoms with Crippen LogP contribution in [-0.2, 0) is 4.79 Å². The summed E-state index contributed by atoms with van der Waals surface area (Å²) < 4.78 is 0. The van der Waals surface area contributed by atoms with Crippen molar-refractivity contribution in [3.05, 3.63) is 0 Å². The van der Waals surface area contributed by atoms with Crippen LogP contribution in [0.1, 0.15) is 12.8 Å². The van der Waals surface area contributed by atoms with Gasteiger partial charge in [-0.3, -0.25) is 10.2 Å². The van der Waals surface area contributed by atoms with Crippen LogP contribution in [0.4, 0.5) is 0 Å². The Bertz CT molecular complexity index is 184. The Morgan fingerprint density at radius 2 is 2.60 bits per heavy atom. The van der Waals surface area contributed by atoms with Crippen LogP contribution in [0.5, 0.6) is 0 Å². The second-order valence-electron chi connectivity index (χ2n) is 2.47. The van der Waals surface area contributed by atoms with Crippen molar-refractivity contribution in [3.63, 3.8) is 0 Å². The molecule has 0 heterocycles. The summed E-state index contributed by atoms with van der Waals surface area (Å²) in [4.78, 5) is 10.7. The van der Waals surface area contributed by atoms with Crippen LogP contribution in [0.2, 0.25) is 0 Å². The topological polar surface area (TPSA) is 78.9 Å². The third kappa shape index (κ3) is 1.25. The summed E-state index contributed by atoms with van der Waals surface area (Å²) in [6, 6.07) is 2.02. The van der Waals surface area contributed by atoms with E-state index in [4.69, 9.17) is 11.1 Å². The van der Waals surface area contributed by atoms with Crippen LogP contribution in [0.25, 0.3) is 0 Å². The molecule has 0 saturated heterocycles. The van der Waals surface area contributed by atoms with Crippen LogP contribution < -0.4 is 11.3 Å². The maximum absolute atomic E-state index is 10.7. The van der Waals surface area contributed by atoms with Crippen molar-refractivity contribution in [2.75, 3.05) is 0 Å². The predicted octanol–water partition coefficient (Wildman–Crippen LogP) is -0.474. The van der Waals surface area contributed by atoms with E-state index < -0.39 is 0 Å². The van der Waals surface area contributed by atoms with Crippen LogP contribution in [0.3, 0.4) is 0 Å². The summed E-state index contributed by atoms with van der Waals surface area (Å²) in [5.41, 5.74) is 2.07. The third-order valence-corrected chi connectivity index (χ3v) is 1.76. The van der Waals surface area contributed by atoms with Crippen LogP contribution in [-0.4, -0.2) is 5.91 Å². The molecule has 1 saturated carbocycles. The first-order chi connectivity index (χ1) is 4.79. The quantitative estimate of drug-likeness (QED) is 0.308. The van der Waals surface area contributed by atoms with E-state index in [1.54, 1.807) is 0 Å². The van der Waals surface area contributed by atoms with Crippen molar-refractivity contribution in [2.24, 2.45) is 17.7 Å². The summed E-state index contributed by atoms with van der Waals surface area (Å²) in [6.45, 7) is 0. The summed E-state index contributed by atoms with van der Waals surface area (Å²) >= 11 is 0. The lowest BCUT2D eigenvalue weighted by atomic mass is 10.2. The van der Waals surface area contributed by atoms with Crippen molar-refractivity contribution in [2.45, 2.75) is 12.8 Å². The third-order valence-electron chi connectivity index (χ3n) is 1.76. The van der Waals surface area contributed by atoms with Gasteiger partial charge in [-0.15, -0.1) is 0 Å². The monoisotopic (exact) mass is 139 g/mol. The molecule has 1 aliphatic rings. The highest BCUT2D eigenvalue weighted by Gasteiger charge is 2.42. The zero-order valence-electron chi connectivity index (χ0n) is 5.50. The fraction of sp³-hybridized carbons (Fsp3) is 0.667. The van der Waals surface area contributed by atoms with E-state index in [1.807, 2.05) is 6.07 Å². The van der Waals surface area contributed by atoms with E-state index >= 15 is 0 Å². The molecule has 0 radical (unpaired) electrons. The number of nitrogens with two attached hydrogens (primary N) is 1. The molecule has 4 nitrogen and oxygen atoms in total. The van der Waals surface area contributed by atoms with Gasteiger partial charge in [0.1, 0.15) is 0 Å². The molecule has 1 fully saturated rings. The molecule has 10 heavy (non-hydrogen) atoms. The predicted molar refractivity (Wildman–Crippen MR) is 34.2 cm³/mol. The van der Waals surface area contributed by atoms with Crippen LogP contribution >= 0.6 is 0 Å². The molecule has 54 valence electrons. The standard InChI is InChI=1S/C6H9N3O/c7-2-1-4-3-5(4)6(10)9-8/h4-5H,1,3,8H2,(H,9,10)/t4-,5-/m1/s1. The van der Waals surface area contributed by atoms with Gasteiger partial charge in [0.15, 0.2) is 0 Å². The lowest BCUT2D eigenvalue weighted by Gasteiger charge is -1.93. The Morgan fingerprint density at radius 3 is 3.10 bits per heavy atom. The van der Waals surface area contributed by atoms with E-state index in [1.165, 1.54) is 0 Å². The molecule has 1 rings (SSSR count). The van der Waals surface area contributed by atoms with Gasteiger partial charge in [-0.1, -0.05) is 0 Å². The number of carbonyl (C=O) groups is 1. The lowest BCUT2D eigenvalue weighted by Crippen LogP contribution is -2.31. The van der Waals surface area contributed by atoms with E-state index in [-0.39, 0.29) is 17.7 Å². The molecule has 2 atom stereocenters. The molecule has 3 N–H and O–H groups in total. The first-order valence-corrected chi connectivity index (χ1v) is 3.17. The van der Waals surface area contributed by atoms with Gasteiger partial charge >= 0.3 is 0 Å². The molecule has 0 aromatic rings. The zero-order valence-corrected chi connectivity index (χ0v) is 5.50. The Hall–Kier alpha value is -1.08. The van der Waals surface area contributed by atoms with Crippen molar-refractivity contribution in [3.8, 4) is 6.07 Å². The number of nitriles is 1. The fourth-order valence-corrected chi connectivity index (χ4v) is 1.02. The molecule has 0 aromatic carbocycles. The second kappa shape index (κ2) is 2.67. The van der Waals surface area contributed by atoms with Gasteiger partial charge in [0.05, 0.1) is 6.07 Å². The molecule has 0 bridgehead atoms. The summed E-state index contributed by atoms with van der Waals surface area (Å²) in [5, 5.41) is 8.24. The van der Waals surface area contributed by atoms with Gasteiger partial charge in [0, 0.05) is 12.3 Å². The van der Waals surface area contributed by atoms with Gasteiger partial charge in [-0.25, -0.2) is 5.84 Å². The number of carbonyl (C=O) groups excluding carboxylic acids is 1. The Morgan fingerprint density at radius 1 is 1.90 bits per heavy atom. The van der Waals surface area contributed by atoms with Gasteiger partial charge in [0.25, 0.3) is 0 Å². The molecule has 4 heteroatoms. The first kappa shape index (κ1) is 7.03. The normalized spacial score (nSPS) is 28.8. The highest BCUT2D eigenvalue weighted by atomic mass is 16.2. The number of amides is 1. The summed E-state index contributed by atoms with van der Waals surface area (Å²) in [5.74, 6) is 5.01. The largest absolute Gasteiger partial charge is 0.294 e. The summed E-state index contributed by atoms with van der Waals surface area (Å²) in [7, 11) is 0. The van der Waals surface area contributed by atoms with Crippen LogP contribution in [0.15, 0.2) is 0 Å². The highest BCUT2D eigenvalue weighted by molar-refractivity contribution is 5.80. The zero-order chi connectivity index (χ0) is 7.56. The van der Waals surface area contributed by atoms with E-state index in [0.29, 0.717) is 6.42 Å². The number of hydrogen-bond acceptors (Lipinski definition) is 3. The molecule has 0 aromatic heterocycles. The van der Waals surface area contributed by atoms with Crippen molar-refractivity contribution in [1.29, 1.82) is 5.26 Å². The van der Waals surface area contributed by atoms with Crippen molar-refractivity contribution >= 4 is 5.91 Å². The van der Waals surface area contributed by atoms with Gasteiger partial charge in [-0.2, -0.15) is 5.26 Å². The first-order valence-electron chi connectivity index (χ1n) is 3.17. The maximum atomic E-state index is 10.7. The number of hydrazine groups is 1. The molecular formula is C6H9N3O. The van der Waals surface area contributed by atoms with Gasteiger partial charge < -0.3 is 0 Å². The minimum atomic E-state index is -0.139. The Labute approximate surface area is 59.0 Å². The van der Waals surface area contributed by atoms with E-state index in [9.17, 15) is 4.79 Å². The minimum absolute atomic E-state index is 0.00431. The number of nitrogens with one attached hydrogen (secondary N) is 1. The van der Waals surface area contributed by atoms with Gasteiger partial charge in [0.2, 0.25) is 5.91 Å². The van der Waals surface area contributed by atoms with Gasteiger partial charge in [-0.05, 0) is 12.3 Å². The fourth-order valence-electron chi connectivity index (χ4n) is 1.02. The van der Waals surface area contributed by atoms with E-state index in [0.717, 1.165) is 6.42 Å².